The zero-order valence-electron chi connectivity index (χ0n) is 13.5. The first kappa shape index (κ1) is 20.2. The maximum Gasteiger partial charge on any atom is 0.432 e. The second-order valence-corrected chi connectivity index (χ2v) is 7.62. The number of hydrogen-bond donors (Lipinski definition) is 0. The number of alkyl halides is 3. The van der Waals surface area contributed by atoms with Crippen molar-refractivity contribution in [2.75, 3.05) is 0 Å². The van der Waals surface area contributed by atoms with Gasteiger partial charge in [0, 0.05) is 18.2 Å². The summed E-state index contributed by atoms with van der Waals surface area (Å²) >= 11 is 19.0. The van der Waals surface area contributed by atoms with Crippen LogP contribution in [-0.2, 0) is 13.2 Å². The number of benzene rings is 1. The Bertz CT molecular complexity index is 1030. The number of ether oxygens (including phenoxy) is 1. The van der Waals surface area contributed by atoms with Crippen molar-refractivity contribution in [3.05, 3.63) is 43.8 Å². The molecule has 0 bridgehead atoms. The van der Waals surface area contributed by atoms with E-state index in [9.17, 15) is 17.6 Å². The zero-order valence-corrected chi connectivity index (χ0v) is 16.5. The van der Waals surface area contributed by atoms with Crippen LogP contribution >= 0.6 is 46.1 Å². The van der Waals surface area contributed by atoms with Crippen LogP contribution in [0.5, 0.6) is 10.9 Å². The van der Waals surface area contributed by atoms with Gasteiger partial charge in [0.2, 0.25) is 0 Å². The molecule has 0 spiro atoms. The van der Waals surface area contributed by atoms with Crippen LogP contribution in [0.25, 0.3) is 11.1 Å². The van der Waals surface area contributed by atoms with Crippen LogP contribution in [0, 0.1) is 12.7 Å². The Labute approximate surface area is 169 Å². The number of nitrogens with zero attached hydrogens (tertiary/aromatic N) is 3. The lowest BCUT2D eigenvalue weighted by atomic mass is 10.1. The molecular weight excluding hydrogens is 453 g/mol. The van der Waals surface area contributed by atoms with E-state index in [4.69, 9.17) is 39.5 Å². The first-order chi connectivity index (χ1) is 12.5. The molecule has 4 nitrogen and oxygen atoms in total. The second-order valence-electron chi connectivity index (χ2n) is 5.34. The van der Waals surface area contributed by atoms with E-state index in [1.54, 1.807) is 6.92 Å². The number of rotatable bonds is 3. The Hall–Kier alpha value is -1.55. The summed E-state index contributed by atoms with van der Waals surface area (Å²) in [6.07, 6.45) is -4.78. The summed E-state index contributed by atoms with van der Waals surface area (Å²) in [7, 11) is 1.08. The van der Waals surface area contributed by atoms with Crippen molar-refractivity contribution in [3.63, 3.8) is 0 Å². The molecule has 3 aromatic rings. The highest BCUT2D eigenvalue weighted by atomic mass is 35.5. The Balaban J connectivity index is 2.17. The van der Waals surface area contributed by atoms with E-state index in [-0.39, 0.29) is 32.2 Å². The van der Waals surface area contributed by atoms with E-state index in [0.717, 1.165) is 30.5 Å². The maximum atomic E-state index is 14.5. The average molecular weight is 461 g/mol. The summed E-state index contributed by atoms with van der Waals surface area (Å²) in [5.74, 6) is -0.947. The fourth-order valence-electron chi connectivity index (χ4n) is 2.38. The molecule has 0 atom stereocenters. The third-order valence-electron chi connectivity index (χ3n) is 3.53. The number of hydrogen-bond acceptors (Lipinski definition) is 4. The normalized spacial score (nSPS) is 11.9. The van der Waals surface area contributed by atoms with Crippen LogP contribution in [-0.4, -0.2) is 14.8 Å². The van der Waals surface area contributed by atoms with Crippen LogP contribution in [0.4, 0.5) is 17.6 Å². The van der Waals surface area contributed by atoms with E-state index in [0.29, 0.717) is 9.57 Å². The highest BCUT2D eigenvalue weighted by Crippen LogP contribution is 2.47. The first-order valence-corrected chi connectivity index (χ1v) is 9.04. The average Bonchev–Trinajstić information content (AvgIpc) is 3.04. The molecule has 3 rings (SSSR count). The van der Waals surface area contributed by atoms with Crippen LogP contribution in [0.3, 0.4) is 0 Å². The maximum absolute atomic E-state index is 14.5. The minimum atomic E-state index is -4.78. The largest absolute Gasteiger partial charge is 0.432 e. The molecule has 0 radical (unpaired) electrons. The molecule has 0 aliphatic heterocycles. The topological polar surface area (TPSA) is 39.9 Å². The van der Waals surface area contributed by atoms with Crippen molar-refractivity contribution in [2.24, 2.45) is 7.05 Å². The van der Waals surface area contributed by atoms with E-state index >= 15 is 0 Å². The molecule has 27 heavy (non-hydrogen) atoms. The van der Waals surface area contributed by atoms with Gasteiger partial charge in [-0.15, -0.1) is 5.10 Å². The monoisotopic (exact) mass is 459 g/mol. The van der Waals surface area contributed by atoms with Crippen molar-refractivity contribution >= 4 is 46.1 Å². The molecule has 144 valence electrons. The Morgan fingerprint density at radius 2 is 1.81 bits per heavy atom. The predicted octanol–water partition coefficient (Wildman–Crippen LogP) is 6.76. The van der Waals surface area contributed by atoms with E-state index in [1.165, 1.54) is 0 Å². The summed E-state index contributed by atoms with van der Waals surface area (Å²) in [5, 5.41) is 7.05. The molecule has 0 fully saturated rings. The van der Waals surface area contributed by atoms with Gasteiger partial charge in [0.25, 0.3) is 5.19 Å². The van der Waals surface area contributed by atoms with Crippen molar-refractivity contribution in [2.45, 2.75) is 13.1 Å². The Morgan fingerprint density at radius 3 is 2.33 bits per heavy atom. The van der Waals surface area contributed by atoms with Gasteiger partial charge >= 0.3 is 6.18 Å². The standard InChI is InChI=1S/C15H8Cl3F4N3OS/c1-5-23-24-14(27-5)26-9-3-6(8(19)4-7(9)16)10-11(17)12(15(20,21)22)25(2)13(10)18/h3-4H,1-2H3. The lowest BCUT2D eigenvalue weighted by Crippen LogP contribution is -2.11. The van der Waals surface area contributed by atoms with Gasteiger partial charge in [-0.1, -0.05) is 51.2 Å². The van der Waals surface area contributed by atoms with Crippen molar-refractivity contribution in [1.29, 1.82) is 0 Å². The minimum absolute atomic E-state index is 0.0336. The first-order valence-electron chi connectivity index (χ1n) is 7.09. The molecule has 0 unspecified atom stereocenters. The van der Waals surface area contributed by atoms with Gasteiger partial charge in [-0.3, -0.25) is 0 Å². The van der Waals surface area contributed by atoms with Crippen molar-refractivity contribution in [3.8, 4) is 22.1 Å². The fourth-order valence-corrected chi connectivity index (χ4v) is 3.87. The molecule has 0 N–H and O–H groups in total. The smallest absolute Gasteiger partial charge is 0.428 e. The SMILES string of the molecule is Cc1nnc(Oc2cc(-c3c(Cl)c(C(F)(F)F)n(C)c3Cl)c(F)cc2Cl)s1. The Kier molecular flexibility index (Phi) is 5.33. The fraction of sp³-hybridized carbons (Fsp3) is 0.200. The molecule has 0 saturated heterocycles. The second kappa shape index (κ2) is 7.12. The highest BCUT2D eigenvalue weighted by Gasteiger charge is 2.40. The molecule has 0 aliphatic carbocycles. The van der Waals surface area contributed by atoms with Crippen LogP contribution in [0.2, 0.25) is 15.2 Å². The van der Waals surface area contributed by atoms with Crippen LogP contribution in [0.15, 0.2) is 12.1 Å². The van der Waals surface area contributed by atoms with Crippen molar-refractivity contribution < 1.29 is 22.3 Å². The van der Waals surface area contributed by atoms with Crippen molar-refractivity contribution in [1.82, 2.24) is 14.8 Å². The number of aryl methyl sites for hydroxylation is 1. The van der Waals surface area contributed by atoms with Gasteiger partial charge in [0.15, 0.2) is 0 Å². The summed E-state index contributed by atoms with van der Waals surface area (Å²) in [4.78, 5) is 0. The minimum Gasteiger partial charge on any atom is -0.428 e. The van der Waals surface area contributed by atoms with Gasteiger partial charge in [-0.2, -0.15) is 13.2 Å². The number of halogens is 7. The molecule has 1 aromatic carbocycles. The van der Waals surface area contributed by atoms with E-state index < -0.39 is 22.7 Å². The molecule has 0 saturated carbocycles. The van der Waals surface area contributed by atoms with Crippen LogP contribution in [0.1, 0.15) is 10.7 Å². The molecular formula is C15H8Cl3F4N3OS. The molecule has 2 heterocycles. The highest BCUT2D eigenvalue weighted by molar-refractivity contribution is 7.13. The molecule has 0 amide bonds. The summed E-state index contributed by atoms with van der Waals surface area (Å²) < 4.78 is 60.3. The zero-order chi connectivity index (χ0) is 20.1. The summed E-state index contributed by atoms with van der Waals surface area (Å²) in [5.41, 5.74) is -1.81. The summed E-state index contributed by atoms with van der Waals surface area (Å²) in [6.45, 7) is 1.70. The van der Waals surface area contributed by atoms with Gasteiger partial charge in [-0.05, 0) is 19.1 Å². The third kappa shape index (κ3) is 3.73. The summed E-state index contributed by atoms with van der Waals surface area (Å²) in [6, 6.07) is 2.01. The van der Waals surface area contributed by atoms with E-state index in [1.807, 2.05) is 0 Å². The lowest BCUT2D eigenvalue weighted by Gasteiger charge is -2.09. The predicted molar refractivity (Wildman–Crippen MR) is 95.6 cm³/mol. The molecule has 0 aliphatic rings. The lowest BCUT2D eigenvalue weighted by molar-refractivity contribution is -0.142. The van der Waals surface area contributed by atoms with Gasteiger partial charge in [-0.25, -0.2) is 4.39 Å². The Morgan fingerprint density at radius 1 is 1.15 bits per heavy atom. The van der Waals surface area contributed by atoms with Gasteiger partial charge in [0.05, 0.1) is 10.0 Å². The van der Waals surface area contributed by atoms with Gasteiger partial charge in [0.1, 0.15) is 27.4 Å². The van der Waals surface area contributed by atoms with Crippen LogP contribution < -0.4 is 4.74 Å². The quantitative estimate of drug-likeness (QED) is 0.405. The number of aromatic nitrogens is 3. The van der Waals surface area contributed by atoms with E-state index in [2.05, 4.69) is 10.2 Å². The molecule has 2 aromatic heterocycles. The third-order valence-corrected chi connectivity index (χ3v) is 5.35. The van der Waals surface area contributed by atoms with Gasteiger partial charge < -0.3 is 9.30 Å². The molecule has 12 heteroatoms.